The van der Waals surface area contributed by atoms with Gasteiger partial charge in [-0.15, -0.1) is 0 Å². The van der Waals surface area contributed by atoms with Crippen LogP contribution in [0.2, 0.25) is 0 Å². The summed E-state index contributed by atoms with van der Waals surface area (Å²) in [7, 11) is 1.92. The Bertz CT molecular complexity index is 597. The molecular weight excluding hydrogens is 269 g/mol. The van der Waals surface area contributed by atoms with Gasteiger partial charge in [-0.25, -0.2) is 4.39 Å². The number of para-hydroxylation sites is 1. The molecule has 0 radical (unpaired) electrons. The van der Waals surface area contributed by atoms with Gasteiger partial charge in [0, 0.05) is 30.9 Å². The fraction of sp³-hybridized carbons (Fsp3) is 0.438. The second-order valence-corrected chi connectivity index (χ2v) is 5.30. The van der Waals surface area contributed by atoms with Crippen LogP contribution >= 0.6 is 0 Å². The molecule has 0 aliphatic rings. The van der Waals surface area contributed by atoms with Gasteiger partial charge >= 0.3 is 0 Å². The molecule has 5 heteroatoms. The molecule has 21 heavy (non-hydrogen) atoms. The third kappa shape index (κ3) is 3.82. The number of ether oxygens (including phenoxy) is 1. The van der Waals surface area contributed by atoms with Crippen molar-refractivity contribution >= 4 is 0 Å². The maximum atomic E-state index is 13.6. The first-order chi connectivity index (χ1) is 9.99. The van der Waals surface area contributed by atoms with Crippen LogP contribution in [0, 0.1) is 12.7 Å². The third-order valence-corrected chi connectivity index (χ3v) is 3.81. The molecule has 1 N–H and O–H groups in total. The standard InChI is InChI=1S/C16H22FN3O/c1-11(18-9-14-10-19-20(4)12(14)2)13(3)21-16-8-6-5-7-15(16)17/h5-8,10-11,13,18H,9H2,1-4H3. The molecule has 2 unspecified atom stereocenters. The second-order valence-electron chi connectivity index (χ2n) is 5.30. The van der Waals surface area contributed by atoms with Gasteiger partial charge in [-0.2, -0.15) is 5.10 Å². The molecule has 2 aromatic rings. The van der Waals surface area contributed by atoms with Gasteiger partial charge in [-0.05, 0) is 32.9 Å². The van der Waals surface area contributed by atoms with Crippen LogP contribution in [-0.2, 0) is 13.6 Å². The largest absolute Gasteiger partial charge is 0.486 e. The normalized spacial score (nSPS) is 14.0. The Labute approximate surface area is 124 Å². The molecule has 0 saturated heterocycles. The minimum Gasteiger partial charge on any atom is -0.486 e. The third-order valence-electron chi connectivity index (χ3n) is 3.81. The summed E-state index contributed by atoms with van der Waals surface area (Å²) in [4.78, 5) is 0. The zero-order valence-electron chi connectivity index (χ0n) is 12.9. The van der Waals surface area contributed by atoms with Crippen LogP contribution in [0.4, 0.5) is 4.39 Å². The summed E-state index contributed by atoms with van der Waals surface area (Å²) >= 11 is 0. The van der Waals surface area contributed by atoms with Gasteiger partial charge in [0.25, 0.3) is 0 Å². The molecule has 0 aliphatic heterocycles. The Morgan fingerprint density at radius 3 is 2.67 bits per heavy atom. The molecule has 1 aromatic carbocycles. The number of aromatic nitrogens is 2. The molecule has 0 spiro atoms. The SMILES string of the molecule is Cc1c(CNC(C)C(C)Oc2ccccc2F)cnn1C. The Morgan fingerprint density at radius 2 is 2.05 bits per heavy atom. The van der Waals surface area contributed by atoms with Crippen molar-refractivity contribution in [2.75, 3.05) is 0 Å². The van der Waals surface area contributed by atoms with E-state index in [-0.39, 0.29) is 23.7 Å². The second kappa shape index (κ2) is 6.72. The monoisotopic (exact) mass is 291 g/mol. The highest BCUT2D eigenvalue weighted by Crippen LogP contribution is 2.18. The lowest BCUT2D eigenvalue weighted by molar-refractivity contribution is 0.170. The van der Waals surface area contributed by atoms with E-state index in [1.807, 2.05) is 38.7 Å². The quantitative estimate of drug-likeness (QED) is 0.889. The molecule has 2 atom stereocenters. The minimum absolute atomic E-state index is 0.0872. The Morgan fingerprint density at radius 1 is 1.33 bits per heavy atom. The number of hydrogen-bond acceptors (Lipinski definition) is 3. The summed E-state index contributed by atoms with van der Waals surface area (Å²) < 4.78 is 21.1. The van der Waals surface area contributed by atoms with Gasteiger partial charge in [0.15, 0.2) is 11.6 Å². The molecule has 0 amide bonds. The first-order valence-corrected chi connectivity index (χ1v) is 7.11. The number of nitrogens with zero attached hydrogens (tertiary/aromatic N) is 2. The van der Waals surface area contributed by atoms with E-state index in [9.17, 15) is 4.39 Å². The van der Waals surface area contributed by atoms with Crippen LogP contribution in [-0.4, -0.2) is 21.9 Å². The summed E-state index contributed by atoms with van der Waals surface area (Å²) in [6.45, 7) is 6.71. The molecule has 0 saturated carbocycles. The molecular formula is C16H22FN3O. The molecule has 1 aromatic heterocycles. The van der Waals surface area contributed by atoms with E-state index in [1.165, 1.54) is 6.07 Å². The van der Waals surface area contributed by atoms with Gasteiger partial charge in [0.05, 0.1) is 6.20 Å². The first-order valence-electron chi connectivity index (χ1n) is 7.11. The maximum absolute atomic E-state index is 13.6. The molecule has 0 fully saturated rings. The van der Waals surface area contributed by atoms with E-state index in [1.54, 1.807) is 18.2 Å². The summed E-state index contributed by atoms with van der Waals surface area (Å²) in [5.41, 5.74) is 2.29. The smallest absolute Gasteiger partial charge is 0.165 e. The van der Waals surface area contributed by atoms with E-state index in [4.69, 9.17) is 4.74 Å². The number of hydrogen-bond donors (Lipinski definition) is 1. The number of benzene rings is 1. The van der Waals surface area contributed by atoms with Crippen LogP contribution in [0.15, 0.2) is 30.5 Å². The fourth-order valence-electron chi connectivity index (χ4n) is 2.00. The zero-order chi connectivity index (χ0) is 15.4. The number of halogens is 1. The van der Waals surface area contributed by atoms with Crippen LogP contribution in [0.5, 0.6) is 5.75 Å². The van der Waals surface area contributed by atoms with Gasteiger partial charge in [0.1, 0.15) is 6.10 Å². The van der Waals surface area contributed by atoms with E-state index in [2.05, 4.69) is 10.4 Å². The highest BCUT2D eigenvalue weighted by Gasteiger charge is 2.16. The van der Waals surface area contributed by atoms with Crippen molar-refractivity contribution in [1.29, 1.82) is 0 Å². The Hall–Kier alpha value is -1.88. The minimum atomic E-state index is -0.334. The van der Waals surface area contributed by atoms with E-state index in [0.717, 1.165) is 11.3 Å². The molecule has 0 aliphatic carbocycles. The zero-order valence-corrected chi connectivity index (χ0v) is 12.9. The van der Waals surface area contributed by atoms with Crippen molar-refractivity contribution < 1.29 is 9.13 Å². The first kappa shape index (κ1) is 15.5. The van der Waals surface area contributed by atoms with Gasteiger partial charge in [-0.3, -0.25) is 4.68 Å². The van der Waals surface area contributed by atoms with Gasteiger partial charge in [0.2, 0.25) is 0 Å². The Kier molecular flexibility index (Phi) is 4.96. The summed E-state index contributed by atoms with van der Waals surface area (Å²) in [5.74, 6) is -0.0455. The molecule has 2 rings (SSSR count). The van der Waals surface area contributed by atoms with Crippen molar-refractivity contribution in [2.24, 2.45) is 7.05 Å². The van der Waals surface area contributed by atoms with Crippen molar-refractivity contribution in [2.45, 2.75) is 39.5 Å². The lowest BCUT2D eigenvalue weighted by Gasteiger charge is -2.23. The topological polar surface area (TPSA) is 39.1 Å². The summed E-state index contributed by atoms with van der Waals surface area (Å²) in [5, 5.41) is 7.61. The lowest BCUT2D eigenvalue weighted by atomic mass is 10.2. The number of rotatable bonds is 6. The van der Waals surface area contributed by atoms with Gasteiger partial charge in [-0.1, -0.05) is 12.1 Å². The highest BCUT2D eigenvalue weighted by molar-refractivity contribution is 5.24. The Balaban J connectivity index is 1.89. The van der Waals surface area contributed by atoms with Crippen molar-refractivity contribution in [3.8, 4) is 5.75 Å². The number of aryl methyl sites for hydroxylation is 1. The van der Waals surface area contributed by atoms with Crippen LogP contribution in [0.3, 0.4) is 0 Å². The molecule has 114 valence electrons. The number of nitrogens with one attached hydrogen (secondary N) is 1. The van der Waals surface area contributed by atoms with Crippen LogP contribution in [0.25, 0.3) is 0 Å². The highest BCUT2D eigenvalue weighted by atomic mass is 19.1. The van der Waals surface area contributed by atoms with Crippen LogP contribution in [0.1, 0.15) is 25.1 Å². The van der Waals surface area contributed by atoms with E-state index < -0.39 is 0 Å². The van der Waals surface area contributed by atoms with Crippen molar-refractivity contribution in [1.82, 2.24) is 15.1 Å². The predicted octanol–water partition coefficient (Wildman–Crippen LogP) is 2.81. The summed E-state index contributed by atoms with van der Waals surface area (Å²) in [6.07, 6.45) is 1.72. The molecule has 1 heterocycles. The average Bonchev–Trinajstić information content (AvgIpc) is 2.78. The van der Waals surface area contributed by atoms with Crippen LogP contribution < -0.4 is 10.1 Å². The van der Waals surface area contributed by atoms with Crippen molar-refractivity contribution in [3.63, 3.8) is 0 Å². The summed E-state index contributed by atoms with van der Waals surface area (Å²) in [6, 6.07) is 6.55. The predicted molar refractivity (Wildman–Crippen MR) is 80.7 cm³/mol. The maximum Gasteiger partial charge on any atom is 0.165 e. The van der Waals surface area contributed by atoms with E-state index >= 15 is 0 Å². The molecule has 0 bridgehead atoms. The lowest BCUT2D eigenvalue weighted by Crippen LogP contribution is -2.38. The van der Waals surface area contributed by atoms with Crippen molar-refractivity contribution in [3.05, 3.63) is 47.5 Å². The van der Waals surface area contributed by atoms with Gasteiger partial charge < -0.3 is 10.1 Å². The average molecular weight is 291 g/mol. The molecule has 4 nitrogen and oxygen atoms in total. The fourth-order valence-corrected chi connectivity index (χ4v) is 2.00. The van der Waals surface area contributed by atoms with E-state index in [0.29, 0.717) is 6.54 Å².